The summed E-state index contributed by atoms with van der Waals surface area (Å²) in [7, 11) is 0. The molecule has 0 aromatic rings. The van der Waals surface area contributed by atoms with Crippen LogP contribution in [0.3, 0.4) is 0 Å². The van der Waals surface area contributed by atoms with Crippen LogP contribution in [0.5, 0.6) is 0 Å². The van der Waals surface area contributed by atoms with E-state index in [0.717, 1.165) is 0 Å². The molecule has 2 fully saturated rings. The molecule has 26 heavy (non-hydrogen) atoms. The topological polar surface area (TPSA) is 84.5 Å². The maximum absolute atomic E-state index is 9.90. The minimum absolute atomic E-state index is 0.273. The van der Waals surface area contributed by atoms with Gasteiger partial charge in [0.2, 0.25) is 0 Å². The Balaban J connectivity index is 2.27. The number of nitrogens with zero attached hydrogens (tertiary/aromatic N) is 2. The van der Waals surface area contributed by atoms with Crippen LogP contribution in [0, 0.1) is 22.7 Å². The lowest BCUT2D eigenvalue weighted by atomic mass is 9.83. The van der Waals surface area contributed by atoms with Crippen LogP contribution in [-0.2, 0) is 18.9 Å². The Morgan fingerprint density at radius 2 is 1.50 bits per heavy atom. The summed E-state index contributed by atoms with van der Waals surface area (Å²) in [4.78, 5) is 0. The van der Waals surface area contributed by atoms with E-state index >= 15 is 0 Å². The number of ether oxygens (including phenoxy) is 4. The number of hydrogen-bond donors (Lipinski definition) is 0. The molecule has 2 aliphatic heterocycles. The van der Waals surface area contributed by atoms with E-state index < -0.39 is 22.8 Å². The van der Waals surface area contributed by atoms with E-state index in [0.29, 0.717) is 25.7 Å². The van der Waals surface area contributed by atoms with Gasteiger partial charge in [-0.2, -0.15) is 10.5 Å². The van der Waals surface area contributed by atoms with Gasteiger partial charge in [0, 0.05) is 31.6 Å². The standard InChI is InChI=1S/C19H27ClN2O4/c1-6-7-18(12-21)8-14(23-16(2,3)25-18)9-19(13-22)10-15(11-20)24-17(4,5)26-19/h6,14-15H,1,7-11H2,2-5H3/t14-,15-,18+,19+/m1/s1. The van der Waals surface area contributed by atoms with Crippen LogP contribution < -0.4 is 0 Å². The fraction of sp³-hybridized carbons (Fsp3) is 0.789. The zero-order valence-corrected chi connectivity index (χ0v) is 16.6. The molecule has 0 unspecified atom stereocenters. The van der Waals surface area contributed by atoms with Crippen molar-refractivity contribution in [2.24, 2.45) is 0 Å². The Bertz CT molecular complexity index is 624. The monoisotopic (exact) mass is 382 g/mol. The maximum atomic E-state index is 9.90. The van der Waals surface area contributed by atoms with Crippen molar-refractivity contribution in [1.29, 1.82) is 10.5 Å². The summed E-state index contributed by atoms with van der Waals surface area (Å²) in [6.07, 6.45) is 2.35. The van der Waals surface area contributed by atoms with E-state index in [1.807, 2.05) is 0 Å². The van der Waals surface area contributed by atoms with Gasteiger partial charge in [-0.1, -0.05) is 6.08 Å². The van der Waals surface area contributed by atoms with Crippen LogP contribution in [-0.4, -0.2) is 40.9 Å². The molecule has 6 nitrogen and oxygen atoms in total. The van der Waals surface area contributed by atoms with Crippen molar-refractivity contribution in [3.05, 3.63) is 12.7 Å². The van der Waals surface area contributed by atoms with Gasteiger partial charge in [0.25, 0.3) is 0 Å². The molecule has 4 atom stereocenters. The molecule has 0 aromatic carbocycles. The highest BCUT2D eigenvalue weighted by atomic mass is 35.5. The average molecular weight is 383 g/mol. The van der Waals surface area contributed by atoms with Gasteiger partial charge in [-0.15, -0.1) is 18.2 Å². The molecule has 0 aromatic heterocycles. The number of alkyl halides is 1. The van der Waals surface area contributed by atoms with Crippen molar-refractivity contribution >= 4 is 11.6 Å². The predicted molar refractivity (Wildman–Crippen MR) is 96.1 cm³/mol. The third kappa shape index (κ3) is 4.76. The minimum Gasteiger partial charge on any atom is -0.347 e. The van der Waals surface area contributed by atoms with Crippen LogP contribution in [0.25, 0.3) is 0 Å². The zero-order valence-electron chi connectivity index (χ0n) is 15.9. The molecule has 0 amide bonds. The Hall–Kier alpha value is -1.15. The molecule has 2 aliphatic rings. The summed E-state index contributed by atoms with van der Waals surface area (Å²) in [6.45, 7) is 10.8. The van der Waals surface area contributed by atoms with Gasteiger partial charge in [-0.05, 0) is 27.7 Å². The summed E-state index contributed by atoms with van der Waals surface area (Å²) < 4.78 is 23.7. The minimum atomic E-state index is -1.10. The van der Waals surface area contributed by atoms with Crippen molar-refractivity contribution in [2.45, 2.75) is 88.4 Å². The number of nitriles is 2. The third-order valence-corrected chi connectivity index (χ3v) is 4.85. The number of rotatable bonds is 5. The summed E-state index contributed by atoms with van der Waals surface area (Å²) >= 11 is 5.99. The van der Waals surface area contributed by atoms with E-state index in [2.05, 4.69) is 18.7 Å². The van der Waals surface area contributed by atoms with Crippen LogP contribution in [0.2, 0.25) is 0 Å². The van der Waals surface area contributed by atoms with E-state index in [4.69, 9.17) is 30.5 Å². The van der Waals surface area contributed by atoms with Gasteiger partial charge in [-0.25, -0.2) is 0 Å². The summed E-state index contributed by atoms with van der Waals surface area (Å²) in [5.74, 6) is -1.61. The molecule has 0 aliphatic carbocycles. The second-order valence-corrected chi connectivity index (χ2v) is 8.26. The molecular formula is C19H27ClN2O4. The van der Waals surface area contributed by atoms with Crippen LogP contribution in [0.4, 0.5) is 0 Å². The highest BCUT2D eigenvalue weighted by Gasteiger charge is 2.52. The largest absolute Gasteiger partial charge is 0.347 e. The zero-order chi connectivity index (χ0) is 19.6. The lowest BCUT2D eigenvalue weighted by molar-refractivity contribution is -0.344. The SMILES string of the molecule is C=CC[C@@]1(C#N)C[C@H](C[C@@]2(C#N)C[C@H](CCl)OC(C)(C)O2)OC(C)(C)O1. The van der Waals surface area contributed by atoms with Crippen molar-refractivity contribution in [3.63, 3.8) is 0 Å². The Labute approximate surface area is 160 Å². The highest BCUT2D eigenvalue weighted by Crippen LogP contribution is 2.43. The average Bonchev–Trinajstić information content (AvgIpc) is 2.51. The quantitative estimate of drug-likeness (QED) is 0.531. The molecule has 0 radical (unpaired) electrons. The smallest absolute Gasteiger partial charge is 0.165 e. The van der Waals surface area contributed by atoms with Gasteiger partial charge in [-0.3, -0.25) is 0 Å². The Kier molecular flexibility index (Phi) is 6.07. The first kappa shape index (κ1) is 21.2. The maximum Gasteiger partial charge on any atom is 0.165 e. The fourth-order valence-corrected chi connectivity index (χ4v) is 4.15. The van der Waals surface area contributed by atoms with Gasteiger partial charge in [0.1, 0.15) is 0 Å². The highest BCUT2D eigenvalue weighted by molar-refractivity contribution is 6.18. The van der Waals surface area contributed by atoms with Crippen molar-refractivity contribution in [1.82, 2.24) is 0 Å². The first-order chi connectivity index (χ1) is 12.0. The summed E-state index contributed by atoms with van der Waals surface area (Å²) in [6, 6.07) is 4.57. The molecule has 144 valence electrons. The van der Waals surface area contributed by atoms with Crippen LogP contribution in [0.1, 0.15) is 53.4 Å². The van der Waals surface area contributed by atoms with Gasteiger partial charge in [0.15, 0.2) is 22.8 Å². The number of halogens is 1. The molecular weight excluding hydrogens is 356 g/mol. The molecule has 0 spiro atoms. The van der Waals surface area contributed by atoms with E-state index in [9.17, 15) is 10.5 Å². The molecule has 0 bridgehead atoms. The van der Waals surface area contributed by atoms with E-state index in [-0.39, 0.29) is 18.1 Å². The molecule has 0 N–H and O–H groups in total. The van der Waals surface area contributed by atoms with Crippen molar-refractivity contribution < 1.29 is 18.9 Å². The molecule has 2 rings (SSSR count). The first-order valence-electron chi connectivity index (χ1n) is 8.77. The van der Waals surface area contributed by atoms with Gasteiger partial charge in [0.05, 0.1) is 24.3 Å². The summed E-state index contributed by atoms with van der Waals surface area (Å²) in [5, 5.41) is 19.6. The first-order valence-corrected chi connectivity index (χ1v) is 9.31. The fourth-order valence-electron chi connectivity index (χ4n) is 3.97. The van der Waals surface area contributed by atoms with Crippen LogP contribution >= 0.6 is 11.6 Å². The number of hydrogen-bond acceptors (Lipinski definition) is 6. The van der Waals surface area contributed by atoms with Crippen LogP contribution in [0.15, 0.2) is 12.7 Å². The molecule has 2 heterocycles. The second kappa shape index (κ2) is 7.46. The Morgan fingerprint density at radius 3 is 2.00 bits per heavy atom. The van der Waals surface area contributed by atoms with E-state index in [1.54, 1.807) is 33.8 Å². The van der Waals surface area contributed by atoms with Crippen molar-refractivity contribution in [3.8, 4) is 12.1 Å². The van der Waals surface area contributed by atoms with Gasteiger partial charge >= 0.3 is 0 Å². The normalized spacial score (nSPS) is 38.7. The van der Waals surface area contributed by atoms with E-state index in [1.165, 1.54) is 0 Å². The Morgan fingerprint density at radius 1 is 1.00 bits per heavy atom. The van der Waals surface area contributed by atoms with Gasteiger partial charge < -0.3 is 18.9 Å². The van der Waals surface area contributed by atoms with Crippen molar-refractivity contribution in [2.75, 3.05) is 5.88 Å². The summed E-state index contributed by atoms with van der Waals surface area (Å²) in [5.41, 5.74) is -2.13. The third-order valence-electron chi connectivity index (χ3n) is 4.51. The molecule has 2 saturated heterocycles. The second-order valence-electron chi connectivity index (χ2n) is 7.96. The predicted octanol–water partition coefficient (Wildman–Crippen LogP) is 3.80. The molecule has 0 saturated carbocycles. The molecule has 7 heteroatoms. The lowest BCUT2D eigenvalue weighted by Gasteiger charge is -2.49. The lowest BCUT2D eigenvalue weighted by Crippen LogP contribution is -2.57.